The van der Waals surface area contributed by atoms with Crippen molar-refractivity contribution in [3.63, 3.8) is 0 Å². The molecule has 138 valence electrons. The maximum atomic E-state index is 11.7. The van der Waals surface area contributed by atoms with Crippen molar-refractivity contribution >= 4 is 5.97 Å². The molecule has 0 N–H and O–H groups in total. The van der Waals surface area contributed by atoms with E-state index in [1.54, 1.807) is 0 Å². The van der Waals surface area contributed by atoms with Crippen LogP contribution in [0.3, 0.4) is 0 Å². The number of hydrogen-bond acceptors (Lipinski definition) is 4. The molecule has 6 aliphatic rings. The first-order valence-corrected chi connectivity index (χ1v) is 10.4. The minimum absolute atomic E-state index is 0.0149. The van der Waals surface area contributed by atoms with Crippen LogP contribution < -0.4 is 0 Å². The van der Waals surface area contributed by atoms with Crippen LogP contribution in [-0.2, 0) is 19.0 Å². The number of epoxide rings is 2. The highest BCUT2D eigenvalue weighted by Gasteiger charge is 2.80. The summed E-state index contributed by atoms with van der Waals surface area (Å²) < 4.78 is 17.7. The molecule has 0 unspecified atom stereocenters. The zero-order valence-corrected chi connectivity index (χ0v) is 15.6. The van der Waals surface area contributed by atoms with E-state index in [0.29, 0.717) is 23.5 Å². The lowest BCUT2D eigenvalue weighted by molar-refractivity contribution is -0.198. The minimum Gasteiger partial charge on any atom is -0.430 e. The van der Waals surface area contributed by atoms with E-state index in [9.17, 15) is 4.79 Å². The standard InChI is InChI=1S/C21H30O4/c1-11(22)24-21-18(25-21)9-15-13-5-4-12-8-16-17(23-16)10-19(12,2)14(13)6-7-20(15,21)3/h12-18H,4-10H2,1-3H3/t12-,13+,14-,15+,16-,17+,18+,19-,20-,21+/m0/s1. The van der Waals surface area contributed by atoms with Gasteiger partial charge < -0.3 is 14.2 Å². The minimum atomic E-state index is -0.594. The molecule has 0 aromatic heterocycles. The monoisotopic (exact) mass is 346 g/mol. The highest BCUT2D eigenvalue weighted by Crippen LogP contribution is 2.74. The van der Waals surface area contributed by atoms with Gasteiger partial charge in [0.1, 0.15) is 6.10 Å². The smallest absolute Gasteiger partial charge is 0.305 e. The van der Waals surface area contributed by atoms with Crippen LogP contribution in [0.25, 0.3) is 0 Å². The van der Waals surface area contributed by atoms with Crippen molar-refractivity contribution in [1.82, 2.24) is 0 Å². The fourth-order valence-electron chi connectivity index (χ4n) is 8.24. The number of esters is 1. The Morgan fingerprint density at radius 1 is 1.08 bits per heavy atom. The van der Waals surface area contributed by atoms with Crippen LogP contribution in [0.4, 0.5) is 0 Å². The highest BCUT2D eigenvalue weighted by molar-refractivity contribution is 5.67. The highest BCUT2D eigenvalue weighted by atomic mass is 16.8. The Kier molecular flexibility index (Phi) is 2.74. The zero-order valence-electron chi connectivity index (χ0n) is 15.6. The van der Waals surface area contributed by atoms with E-state index < -0.39 is 5.79 Å². The van der Waals surface area contributed by atoms with Crippen molar-refractivity contribution in [2.75, 3.05) is 0 Å². The molecule has 2 saturated heterocycles. The Morgan fingerprint density at radius 3 is 2.72 bits per heavy atom. The lowest BCUT2D eigenvalue weighted by atomic mass is 9.45. The quantitative estimate of drug-likeness (QED) is 0.537. The number of hydrogen-bond donors (Lipinski definition) is 0. The summed E-state index contributed by atoms with van der Waals surface area (Å²) in [5, 5.41) is 0. The third-order valence-electron chi connectivity index (χ3n) is 9.54. The normalized spacial score (nSPS) is 63.4. The summed E-state index contributed by atoms with van der Waals surface area (Å²) in [6.07, 6.45) is 10.1. The molecule has 0 spiro atoms. The molecule has 4 aliphatic carbocycles. The van der Waals surface area contributed by atoms with E-state index in [1.807, 2.05) is 0 Å². The predicted molar refractivity (Wildman–Crippen MR) is 90.5 cm³/mol. The van der Waals surface area contributed by atoms with Crippen molar-refractivity contribution < 1.29 is 19.0 Å². The molecule has 4 nitrogen and oxygen atoms in total. The second-order valence-electron chi connectivity index (χ2n) is 10.4. The summed E-state index contributed by atoms with van der Waals surface area (Å²) in [7, 11) is 0. The molecule has 0 radical (unpaired) electrons. The molecule has 0 bridgehead atoms. The van der Waals surface area contributed by atoms with E-state index in [0.717, 1.165) is 30.6 Å². The van der Waals surface area contributed by atoms with Gasteiger partial charge in [-0.25, -0.2) is 0 Å². The number of rotatable bonds is 1. The number of ether oxygens (including phenoxy) is 3. The summed E-state index contributed by atoms with van der Waals surface area (Å²) in [5.41, 5.74) is 0.477. The Bertz CT molecular complexity index is 648. The third-order valence-corrected chi connectivity index (χ3v) is 9.54. The average Bonchev–Trinajstić information content (AvgIpc) is 3.42. The van der Waals surface area contributed by atoms with Crippen LogP contribution in [-0.4, -0.2) is 30.1 Å². The van der Waals surface area contributed by atoms with Crippen LogP contribution in [0.1, 0.15) is 65.7 Å². The molecule has 25 heavy (non-hydrogen) atoms. The maximum absolute atomic E-state index is 11.7. The molecule has 4 saturated carbocycles. The summed E-state index contributed by atoms with van der Waals surface area (Å²) in [6, 6.07) is 0. The molecule has 10 atom stereocenters. The van der Waals surface area contributed by atoms with Gasteiger partial charge in [0, 0.05) is 12.3 Å². The van der Waals surface area contributed by atoms with Gasteiger partial charge in [-0.1, -0.05) is 13.8 Å². The van der Waals surface area contributed by atoms with Crippen molar-refractivity contribution in [3.05, 3.63) is 0 Å². The maximum Gasteiger partial charge on any atom is 0.305 e. The summed E-state index contributed by atoms with van der Waals surface area (Å²) in [4.78, 5) is 11.7. The van der Waals surface area contributed by atoms with Gasteiger partial charge in [-0.15, -0.1) is 0 Å². The van der Waals surface area contributed by atoms with Crippen molar-refractivity contribution in [2.45, 2.75) is 89.8 Å². The Labute approximate surface area is 150 Å². The average molecular weight is 346 g/mol. The first-order chi connectivity index (χ1) is 11.9. The molecular formula is C21H30O4. The fourth-order valence-corrected chi connectivity index (χ4v) is 8.24. The van der Waals surface area contributed by atoms with E-state index in [-0.39, 0.29) is 17.5 Å². The number of carbonyl (C=O) groups is 1. The Balaban J connectivity index is 1.32. The van der Waals surface area contributed by atoms with Gasteiger partial charge in [-0.3, -0.25) is 4.79 Å². The topological polar surface area (TPSA) is 51.4 Å². The summed E-state index contributed by atoms with van der Waals surface area (Å²) in [6.45, 7) is 6.44. The molecule has 0 amide bonds. The van der Waals surface area contributed by atoms with Crippen LogP contribution >= 0.6 is 0 Å². The zero-order chi connectivity index (χ0) is 17.2. The van der Waals surface area contributed by atoms with Gasteiger partial charge in [0.05, 0.1) is 12.2 Å². The number of carbonyl (C=O) groups excluding carboxylic acids is 1. The van der Waals surface area contributed by atoms with Crippen LogP contribution in [0.5, 0.6) is 0 Å². The van der Waals surface area contributed by atoms with Crippen LogP contribution in [0.2, 0.25) is 0 Å². The second kappa shape index (κ2) is 4.44. The largest absolute Gasteiger partial charge is 0.430 e. The summed E-state index contributed by atoms with van der Waals surface area (Å²) in [5.74, 6) is 2.33. The Morgan fingerprint density at radius 2 is 1.92 bits per heavy atom. The Hall–Kier alpha value is -0.610. The van der Waals surface area contributed by atoms with E-state index in [2.05, 4.69) is 13.8 Å². The molecule has 0 aromatic carbocycles. The molecule has 0 aromatic rings. The van der Waals surface area contributed by atoms with Gasteiger partial charge in [0.2, 0.25) is 5.79 Å². The number of fused-ring (bicyclic) bond motifs is 8. The first kappa shape index (κ1) is 15.4. The molecular weight excluding hydrogens is 316 g/mol. The first-order valence-electron chi connectivity index (χ1n) is 10.4. The predicted octanol–water partition coefficient (Wildman–Crippen LogP) is 3.67. The fraction of sp³-hybridized carbons (Fsp3) is 0.952. The van der Waals surface area contributed by atoms with Gasteiger partial charge >= 0.3 is 5.97 Å². The molecule has 6 fully saturated rings. The molecule has 4 heteroatoms. The van der Waals surface area contributed by atoms with E-state index in [4.69, 9.17) is 14.2 Å². The van der Waals surface area contributed by atoms with E-state index >= 15 is 0 Å². The lowest BCUT2D eigenvalue weighted by Gasteiger charge is -2.60. The van der Waals surface area contributed by atoms with Gasteiger partial charge in [0.15, 0.2) is 0 Å². The van der Waals surface area contributed by atoms with Crippen molar-refractivity contribution in [1.29, 1.82) is 0 Å². The van der Waals surface area contributed by atoms with Crippen molar-refractivity contribution in [2.24, 2.45) is 34.5 Å². The van der Waals surface area contributed by atoms with Crippen molar-refractivity contribution in [3.8, 4) is 0 Å². The third kappa shape index (κ3) is 1.74. The lowest BCUT2D eigenvalue weighted by Crippen LogP contribution is -2.56. The van der Waals surface area contributed by atoms with E-state index in [1.165, 1.54) is 39.0 Å². The molecule has 6 rings (SSSR count). The molecule has 2 aliphatic heterocycles. The van der Waals surface area contributed by atoms with Gasteiger partial charge in [-0.2, -0.15) is 0 Å². The van der Waals surface area contributed by atoms with Crippen LogP contribution in [0.15, 0.2) is 0 Å². The van der Waals surface area contributed by atoms with Crippen LogP contribution in [0, 0.1) is 34.5 Å². The molecule has 2 heterocycles. The SMILES string of the molecule is CC(=O)O[C@@]12O[C@@H]1C[C@@H]1[C@@H]3CC[C@H]4C[C@@H]5O[C@@H]5C[C@]4(C)[C@H]3CC[C@@]12C. The van der Waals surface area contributed by atoms with Gasteiger partial charge in [-0.05, 0) is 74.0 Å². The van der Waals surface area contributed by atoms with Gasteiger partial charge in [0.25, 0.3) is 0 Å². The second-order valence-corrected chi connectivity index (χ2v) is 10.4. The summed E-state index contributed by atoms with van der Waals surface area (Å²) >= 11 is 0.